The van der Waals surface area contributed by atoms with Crippen LogP contribution >= 0.6 is 0 Å². The Morgan fingerprint density at radius 1 is 0.923 bits per heavy atom. The molecule has 1 rings (SSSR count). The quantitative estimate of drug-likeness (QED) is 0.306. The van der Waals surface area contributed by atoms with Gasteiger partial charge in [0.15, 0.2) is 0 Å². The molecule has 0 aliphatic heterocycles. The maximum absolute atomic E-state index is 11.7. The number of hydrogen-bond acceptors (Lipinski definition) is 6. The molecule has 0 unspecified atom stereocenters. The number of esters is 3. The molecule has 1 aromatic carbocycles. The summed E-state index contributed by atoms with van der Waals surface area (Å²) in [5.41, 5.74) is 0.800. The fourth-order valence-corrected chi connectivity index (χ4v) is 1.52. The molecule has 0 heterocycles. The first-order chi connectivity index (χ1) is 12.4. The highest BCUT2D eigenvalue weighted by molar-refractivity contribution is 6.03. The molecule has 0 N–H and O–H groups in total. The molecule has 140 valence electrons. The highest BCUT2D eigenvalue weighted by Gasteiger charge is 2.18. The van der Waals surface area contributed by atoms with E-state index in [2.05, 4.69) is 24.5 Å². The van der Waals surface area contributed by atoms with Gasteiger partial charge in [-0.1, -0.05) is 44.0 Å². The number of carbonyl (C=O) groups excluding carboxylic acids is 3. The summed E-state index contributed by atoms with van der Waals surface area (Å²) in [6.45, 7) is 14.3. The van der Waals surface area contributed by atoms with Crippen molar-refractivity contribution in [2.45, 2.75) is 13.8 Å². The van der Waals surface area contributed by atoms with Crippen LogP contribution < -0.4 is 0 Å². The maximum atomic E-state index is 11.7. The second-order valence-corrected chi connectivity index (χ2v) is 4.82. The van der Waals surface area contributed by atoms with Gasteiger partial charge >= 0.3 is 17.9 Å². The molecule has 0 amide bonds. The van der Waals surface area contributed by atoms with E-state index in [-0.39, 0.29) is 30.3 Å². The largest absolute Gasteiger partial charge is 0.463 e. The second-order valence-electron chi connectivity index (χ2n) is 4.82. The maximum Gasteiger partial charge on any atom is 0.339 e. The molecule has 0 bridgehead atoms. The number of rotatable bonds is 8. The van der Waals surface area contributed by atoms with Crippen LogP contribution in [0.15, 0.2) is 61.7 Å². The van der Waals surface area contributed by atoms with E-state index in [1.165, 1.54) is 24.3 Å². The van der Waals surface area contributed by atoms with Gasteiger partial charge in [-0.05, 0) is 26.0 Å². The monoisotopic (exact) mass is 360 g/mol. The van der Waals surface area contributed by atoms with Crippen LogP contribution in [-0.2, 0) is 19.0 Å². The van der Waals surface area contributed by atoms with Crippen molar-refractivity contribution in [3.8, 4) is 0 Å². The molecule has 26 heavy (non-hydrogen) atoms. The normalized spacial score (nSPS) is 9.00. The Labute approximate surface area is 153 Å². The molecule has 0 aliphatic carbocycles. The van der Waals surface area contributed by atoms with Crippen LogP contribution in [0.25, 0.3) is 0 Å². The first-order valence-electron chi connectivity index (χ1n) is 7.86. The molecule has 0 aliphatic rings. The van der Waals surface area contributed by atoms with Crippen molar-refractivity contribution >= 4 is 17.9 Å². The Hall–Kier alpha value is -3.15. The van der Waals surface area contributed by atoms with Crippen molar-refractivity contribution in [3.05, 3.63) is 72.9 Å². The number of ether oxygens (including phenoxy) is 3. The Kier molecular flexibility index (Phi) is 11.6. The van der Waals surface area contributed by atoms with Crippen LogP contribution in [0, 0.1) is 0 Å². The van der Waals surface area contributed by atoms with Gasteiger partial charge in [-0.3, -0.25) is 0 Å². The molecule has 6 heteroatoms. The van der Waals surface area contributed by atoms with Gasteiger partial charge in [-0.25, -0.2) is 14.4 Å². The van der Waals surface area contributed by atoms with E-state index < -0.39 is 11.9 Å². The van der Waals surface area contributed by atoms with E-state index in [0.29, 0.717) is 12.2 Å². The molecule has 6 nitrogen and oxygen atoms in total. The molecule has 0 atom stereocenters. The van der Waals surface area contributed by atoms with Crippen LogP contribution in [0.5, 0.6) is 0 Å². The number of hydrogen-bond donors (Lipinski definition) is 0. The standard InChI is InChI=1S/C14H14O4.C6H10O2/c1-3-9-17-13(15)11-7-5-6-8-12(11)14(16)18-10-4-2;1-4-8-6(7)5(2)3/h3-8H,1-2,9-10H2;2,4H2,1,3H3. The summed E-state index contributed by atoms with van der Waals surface area (Å²) in [5, 5.41) is 0. The Balaban J connectivity index is 0.000000660. The molecule has 0 spiro atoms. The topological polar surface area (TPSA) is 78.9 Å². The van der Waals surface area contributed by atoms with Gasteiger partial charge in [0.2, 0.25) is 0 Å². The van der Waals surface area contributed by atoms with E-state index in [4.69, 9.17) is 9.47 Å². The van der Waals surface area contributed by atoms with Gasteiger partial charge in [0.1, 0.15) is 13.2 Å². The zero-order chi connectivity index (χ0) is 19.9. The lowest BCUT2D eigenvalue weighted by Gasteiger charge is -2.07. The summed E-state index contributed by atoms with van der Waals surface area (Å²) in [7, 11) is 0. The summed E-state index contributed by atoms with van der Waals surface area (Å²) in [6.07, 6.45) is 2.91. The first kappa shape index (κ1) is 22.9. The van der Waals surface area contributed by atoms with Crippen molar-refractivity contribution in [2.75, 3.05) is 19.8 Å². The van der Waals surface area contributed by atoms with Crippen LogP contribution in [0.4, 0.5) is 0 Å². The highest BCUT2D eigenvalue weighted by atomic mass is 16.5. The minimum atomic E-state index is -0.582. The van der Waals surface area contributed by atoms with E-state index in [9.17, 15) is 14.4 Å². The molecular formula is C20H24O6. The molecule has 0 saturated heterocycles. The lowest BCUT2D eigenvalue weighted by Crippen LogP contribution is -2.14. The van der Waals surface area contributed by atoms with Gasteiger partial charge < -0.3 is 14.2 Å². The van der Waals surface area contributed by atoms with Crippen LogP contribution in [0.3, 0.4) is 0 Å². The summed E-state index contributed by atoms with van der Waals surface area (Å²) in [5.74, 6) is -1.48. The van der Waals surface area contributed by atoms with Gasteiger partial charge in [0.25, 0.3) is 0 Å². The van der Waals surface area contributed by atoms with Crippen LogP contribution in [0.2, 0.25) is 0 Å². The van der Waals surface area contributed by atoms with Crippen molar-refractivity contribution in [3.63, 3.8) is 0 Å². The smallest absolute Gasteiger partial charge is 0.339 e. The van der Waals surface area contributed by atoms with Gasteiger partial charge in [-0.15, -0.1) is 0 Å². The molecular weight excluding hydrogens is 336 g/mol. The van der Waals surface area contributed by atoms with Crippen molar-refractivity contribution in [1.29, 1.82) is 0 Å². The second kappa shape index (κ2) is 13.2. The first-order valence-corrected chi connectivity index (χ1v) is 7.86. The third kappa shape index (κ3) is 8.63. The Morgan fingerprint density at radius 2 is 1.35 bits per heavy atom. The average Bonchev–Trinajstić information content (AvgIpc) is 2.64. The number of benzene rings is 1. The summed E-state index contributed by atoms with van der Waals surface area (Å²) in [6, 6.07) is 6.31. The summed E-state index contributed by atoms with van der Waals surface area (Å²) < 4.78 is 14.3. The predicted octanol–water partition coefficient (Wildman–Crippen LogP) is 3.50. The predicted molar refractivity (Wildman–Crippen MR) is 98.8 cm³/mol. The molecule has 0 saturated carbocycles. The average molecular weight is 360 g/mol. The Morgan fingerprint density at radius 3 is 1.62 bits per heavy atom. The van der Waals surface area contributed by atoms with E-state index in [1.807, 2.05) is 0 Å². The zero-order valence-corrected chi connectivity index (χ0v) is 15.2. The lowest BCUT2D eigenvalue weighted by molar-refractivity contribution is -0.138. The number of carbonyl (C=O) groups is 3. The van der Waals surface area contributed by atoms with Gasteiger partial charge in [0.05, 0.1) is 17.7 Å². The highest BCUT2D eigenvalue weighted by Crippen LogP contribution is 2.12. The Bertz CT molecular complexity index is 617. The summed E-state index contributed by atoms with van der Waals surface area (Å²) >= 11 is 0. The molecule has 0 aromatic heterocycles. The molecule has 0 fully saturated rings. The van der Waals surface area contributed by atoms with Gasteiger partial charge in [0, 0.05) is 5.57 Å². The van der Waals surface area contributed by atoms with E-state index in [1.54, 1.807) is 26.0 Å². The third-order valence-electron chi connectivity index (χ3n) is 2.66. The molecule has 1 aromatic rings. The van der Waals surface area contributed by atoms with Gasteiger partial charge in [-0.2, -0.15) is 0 Å². The van der Waals surface area contributed by atoms with Crippen molar-refractivity contribution in [1.82, 2.24) is 0 Å². The SMILES string of the molecule is C=C(C)C(=O)OCC.C=CCOC(=O)c1ccccc1C(=O)OCC=C. The van der Waals surface area contributed by atoms with Crippen LogP contribution in [-0.4, -0.2) is 37.7 Å². The third-order valence-corrected chi connectivity index (χ3v) is 2.66. The van der Waals surface area contributed by atoms with Crippen molar-refractivity contribution < 1.29 is 28.6 Å². The lowest BCUT2D eigenvalue weighted by atomic mass is 10.1. The van der Waals surface area contributed by atoms with E-state index in [0.717, 1.165) is 0 Å². The fourth-order valence-electron chi connectivity index (χ4n) is 1.52. The van der Waals surface area contributed by atoms with Crippen molar-refractivity contribution in [2.24, 2.45) is 0 Å². The minimum absolute atomic E-state index is 0.0921. The van der Waals surface area contributed by atoms with E-state index >= 15 is 0 Å². The zero-order valence-electron chi connectivity index (χ0n) is 15.2. The minimum Gasteiger partial charge on any atom is -0.463 e. The fraction of sp³-hybridized carbons (Fsp3) is 0.250. The van der Waals surface area contributed by atoms with Crippen LogP contribution in [0.1, 0.15) is 34.6 Å². The summed E-state index contributed by atoms with van der Waals surface area (Å²) in [4.78, 5) is 33.8. The molecule has 0 radical (unpaired) electrons.